The van der Waals surface area contributed by atoms with Crippen LogP contribution in [0.15, 0.2) is 12.1 Å². The highest BCUT2D eigenvalue weighted by Gasteiger charge is 2.20. The van der Waals surface area contributed by atoms with Crippen LogP contribution in [0.4, 0.5) is 0 Å². The largest absolute Gasteiger partial charge is 0.507 e. The molecule has 0 fully saturated rings. The van der Waals surface area contributed by atoms with E-state index in [-0.39, 0.29) is 5.41 Å². The second-order valence-electron chi connectivity index (χ2n) is 9.94. The third-order valence-electron chi connectivity index (χ3n) is 6.13. The van der Waals surface area contributed by atoms with E-state index in [0.29, 0.717) is 11.7 Å². The lowest BCUT2D eigenvalue weighted by Crippen LogP contribution is -2.13. The summed E-state index contributed by atoms with van der Waals surface area (Å²) in [5.41, 5.74) is 3.80. The number of hydrogen-bond donors (Lipinski definition) is 1. The number of phenolic OH excluding ortho intramolecular Hbond substituents is 1. The van der Waals surface area contributed by atoms with Crippen molar-refractivity contribution in [3.05, 3.63) is 28.8 Å². The predicted octanol–water partition coefficient (Wildman–Crippen LogP) is 9.06. The maximum Gasteiger partial charge on any atom is 0.122 e. The Bertz CT molecular complexity index is 538. The molecule has 28 heavy (non-hydrogen) atoms. The molecule has 1 aromatic carbocycles. The third kappa shape index (κ3) is 9.01. The first-order valence-corrected chi connectivity index (χ1v) is 12.2. The Labute approximate surface area is 176 Å². The number of rotatable bonds is 14. The highest BCUT2D eigenvalue weighted by atomic mass is 16.3. The molecule has 0 aliphatic carbocycles. The molecule has 0 aliphatic rings. The van der Waals surface area contributed by atoms with Crippen LogP contribution in [0, 0.1) is 0 Å². The zero-order valence-corrected chi connectivity index (χ0v) is 19.9. The lowest BCUT2D eigenvalue weighted by molar-refractivity contribution is 0.448. The Kier molecular flexibility index (Phi) is 11.9. The van der Waals surface area contributed by atoms with Gasteiger partial charge in [0.15, 0.2) is 0 Å². The fourth-order valence-corrected chi connectivity index (χ4v) is 4.08. The molecule has 0 heterocycles. The van der Waals surface area contributed by atoms with Crippen LogP contribution >= 0.6 is 0 Å². The minimum atomic E-state index is 0.127. The van der Waals surface area contributed by atoms with Gasteiger partial charge in [0.05, 0.1) is 0 Å². The van der Waals surface area contributed by atoms with Crippen molar-refractivity contribution >= 4 is 0 Å². The SMILES string of the molecule is CCCCCCCCCCCCC(C)c1cc(C(C)(C)C)cc(CCC)c1O. The fraction of sp³-hybridized carbons (Fsp3) is 0.778. The monoisotopic (exact) mass is 388 g/mol. The number of aryl methyl sites for hydroxylation is 1. The van der Waals surface area contributed by atoms with Crippen molar-refractivity contribution in [1.29, 1.82) is 0 Å². The van der Waals surface area contributed by atoms with Crippen LogP contribution in [0.3, 0.4) is 0 Å². The van der Waals surface area contributed by atoms with Gasteiger partial charge in [-0.2, -0.15) is 0 Å². The molecule has 1 unspecified atom stereocenters. The van der Waals surface area contributed by atoms with Crippen molar-refractivity contribution in [3.8, 4) is 5.75 Å². The number of hydrogen-bond acceptors (Lipinski definition) is 1. The smallest absolute Gasteiger partial charge is 0.122 e. The minimum absolute atomic E-state index is 0.127. The van der Waals surface area contributed by atoms with Crippen molar-refractivity contribution in [2.75, 3.05) is 0 Å². The Morgan fingerprint density at radius 2 is 1.32 bits per heavy atom. The molecule has 0 aromatic heterocycles. The maximum absolute atomic E-state index is 10.8. The first kappa shape index (κ1) is 25.1. The molecule has 0 saturated carbocycles. The van der Waals surface area contributed by atoms with E-state index in [1.807, 2.05) is 0 Å². The van der Waals surface area contributed by atoms with Crippen LogP contribution in [-0.4, -0.2) is 5.11 Å². The average molecular weight is 389 g/mol. The lowest BCUT2D eigenvalue weighted by atomic mass is 9.81. The van der Waals surface area contributed by atoms with Gasteiger partial charge >= 0.3 is 0 Å². The normalized spacial score (nSPS) is 13.1. The van der Waals surface area contributed by atoms with Gasteiger partial charge in [-0.25, -0.2) is 0 Å². The van der Waals surface area contributed by atoms with E-state index in [4.69, 9.17) is 0 Å². The van der Waals surface area contributed by atoms with Gasteiger partial charge in [-0.15, -0.1) is 0 Å². The number of aromatic hydroxyl groups is 1. The summed E-state index contributed by atoms with van der Waals surface area (Å²) < 4.78 is 0. The Morgan fingerprint density at radius 1 is 0.786 bits per heavy atom. The highest BCUT2D eigenvalue weighted by molar-refractivity contribution is 5.47. The molecule has 0 aliphatic heterocycles. The van der Waals surface area contributed by atoms with Gasteiger partial charge in [0, 0.05) is 0 Å². The van der Waals surface area contributed by atoms with Gasteiger partial charge < -0.3 is 5.11 Å². The molecule has 1 atom stereocenters. The summed E-state index contributed by atoms with van der Waals surface area (Å²) in [6, 6.07) is 4.50. The van der Waals surface area contributed by atoms with Crippen molar-refractivity contribution in [1.82, 2.24) is 0 Å². The second-order valence-corrected chi connectivity index (χ2v) is 9.94. The van der Waals surface area contributed by atoms with Crippen LogP contribution in [-0.2, 0) is 11.8 Å². The van der Waals surface area contributed by atoms with Crippen LogP contribution in [0.1, 0.15) is 141 Å². The number of benzene rings is 1. The molecule has 1 heteroatoms. The fourth-order valence-electron chi connectivity index (χ4n) is 4.08. The first-order valence-electron chi connectivity index (χ1n) is 12.2. The zero-order valence-electron chi connectivity index (χ0n) is 19.9. The van der Waals surface area contributed by atoms with E-state index in [0.717, 1.165) is 18.4 Å². The zero-order chi connectivity index (χ0) is 21.0. The molecular weight excluding hydrogens is 340 g/mol. The van der Waals surface area contributed by atoms with Gasteiger partial charge in [0.1, 0.15) is 5.75 Å². The molecule has 0 bridgehead atoms. The minimum Gasteiger partial charge on any atom is -0.507 e. The van der Waals surface area contributed by atoms with Crippen LogP contribution in [0.2, 0.25) is 0 Å². The molecule has 0 radical (unpaired) electrons. The number of unbranched alkanes of at least 4 members (excludes halogenated alkanes) is 9. The van der Waals surface area contributed by atoms with E-state index >= 15 is 0 Å². The first-order chi connectivity index (χ1) is 13.3. The Hall–Kier alpha value is -0.980. The van der Waals surface area contributed by atoms with Gasteiger partial charge in [0.25, 0.3) is 0 Å². The molecule has 0 saturated heterocycles. The summed E-state index contributed by atoms with van der Waals surface area (Å²) in [5, 5.41) is 10.8. The molecule has 1 aromatic rings. The van der Waals surface area contributed by atoms with E-state index < -0.39 is 0 Å². The Morgan fingerprint density at radius 3 is 1.82 bits per heavy atom. The molecule has 0 spiro atoms. The average Bonchev–Trinajstić information content (AvgIpc) is 2.64. The predicted molar refractivity (Wildman–Crippen MR) is 126 cm³/mol. The summed E-state index contributed by atoms with van der Waals surface area (Å²) in [7, 11) is 0. The summed E-state index contributed by atoms with van der Waals surface area (Å²) >= 11 is 0. The quantitative estimate of drug-likeness (QED) is 0.315. The molecule has 162 valence electrons. The number of phenols is 1. The van der Waals surface area contributed by atoms with E-state index in [9.17, 15) is 5.11 Å². The summed E-state index contributed by atoms with van der Waals surface area (Å²) in [4.78, 5) is 0. The summed E-state index contributed by atoms with van der Waals surface area (Å²) in [5.74, 6) is 1.00. The molecule has 1 rings (SSSR count). The van der Waals surface area contributed by atoms with E-state index in [1.54, 1.807) is 0 Å². The Balaban J connectivity index is 2.48. The van der Waals surface area contributed by atoms with Crippen molar-refractivity contribution in [2.24, 2.45) is 0 Å². The van der Waals surface area contributed by atoms with Crippen LogP contribution in [0.5, 0.6) is 5.75 Å². The van der Waals surface area contributed by atoms with Crippen molar-refractivity contribution in [2.45, 2.75) is 136 Å². The lowest BCUT2D eigenvalue weighted by Gasteiger charge is -2.24. The molecule has 0 amide bonds. The maximum atomic E-state index is 10.8. The van der Waals surface area contributed by atoms with Crippen LogP contribution < -0.4 is 0 Å². The molecule has 1 nitrogen and oxygen atoms in total. The molecule has 1 N–H and O–H groups in total. The van der Waals surface area contributed by atoms with E-state index in [1.165, 1.54) is 81.8 Å². The highest BCUT2D eigenvalue weighted by Crippen LogP contribution is 2.37. The third-order valence-corrected chi connectivity index (χ3v) is 6.13. The van der Waals surface area contributed by atoms with Crippen LogP contribution in [0.25, 0.3) is 0 Å². The standard InChI is InChI=1S/C27H48O/c1-7-9-10-11-12-13-14-15-16-17-19-22(3)25-21-24(27(4,5)6)20-23(18-8-2)26(25)28/h20-22,28H,7-19H2,1-6H3. The van der Waals surface area contributed by atoms with Gasteiger partial charge in [-0.3, -0.25) is 0 Å². The summed E-state index contributed by atoms with van der Waals surface area (Å²) in [6.07, 6.45) is 17.0. The summed E-state index contributed by atoms with van der Waals surface area (Å²) in [6.45, 7) is 13.6. The van der Waals surface area contributed by atoms with Crippen molar-refractivity contribution in [3.63, 3.8) is 0 Å². The van der Waals surface area contributed by atoms with E-state index in [2.05, 4.69) is 53.7 Å². The second kappa shape index (κ2) is 13.3. The van der Waals surface area contributed by atoms with Gasteiger partial charge in [-0.05, 0) is 40.9 Å². The van der Waals surface area contributed by atoms with Gasteiger partial charge in [0.2, 0.25) is 0 Å². The van der Waals surface area contributed by atoms with Gasteiger partial charge in [-0.1, -0.05) is 124 Å². The topological polar surface area (TPSA) is 20.2 Å². The molecular formula is C27H48O. The van der Waals surface area contributed by atoms with Crippen molar-refractivity contribution < 1.29 is 5.11 Å².